The number of ether oxygens (including phenoxy) is 2. The molecule has 1 atom stereocenters. The zero-order valence-electron chi connectivity index (χ0n) is 15.6. The molecule has 3 rings (SSSR count). The smallest absolute Gasteiger partial charge is 0.274 e. The molecule has 1 aromatic heterocycles. The summed E-state index contributed by atoms with van der Waals surface area (Å²) in [6.45, 7) is 2.66. The molecule has 0 N–H and O–H groups in total. The third-order valence-corrected chi connectivity index (χ3v) is 5.15. The number of rotatable bonds is 5. The molecular formula is C18H28N4O4. The van der Waals surface area contributed by atoms with Crippen molar-refractivity contribution in [3.8, 4) is 0 Å². The Morgan fingerprint density at radius 2 is 2.08 bits per heavy atom. The molecule has 0 radical (unpaired) electrons. The third-order valence-electron chi connectivity index (χ3n) is 5.15. The number of aryl methyl sites for hydroxylation is 1. The molecule has 3 heterocycles. The van der Waals surface area contributed by atoms with Gasteiger partial charge in [0.25, 0.3) is 5.91 Å². The molecule has 8 heteroatoms. The van der Waals surface area contributed by atoms with E-state index in [0.29, 0.717) is 32.0 Å². The summed E-state index contributed by atoms with van der Waals surface area (Å²) in [5.74, 6) is -0.0713. The van der Waals surface area contributed by atoms with Crippen molar-refractivity contribution in [3.05, 3.63) is 18.0 Å². The Hall–Kier alpha value is -1.93. The fourth-order valence-corrected chi connectivity index (χ4v) is 3.92. The van der Waals surface area contributed by atoms with Gasteiger partial charge in [0.1, 0.15) is 12.3 Å². The number of hydrogen-bond donors (Lipinski definition) is 0. The summed E-state index contributed by atoms with van der Waals surface area (Å²) in [5, 5.41) is 4.22. The van der Waals surface area contributed by atoms with E-state index in [2.05, 4.69) is 5.10 Å². The Morgan fingerprint density at radius 1 is 1.31 bits per heavy atom. The summed E-state index contributed by atoms with van der Waals surface area (Å²) in [5.41, 5.74) is 0.453. The average Bonchev–Trinajstić information content (AvgIpc) is 3.09. The largest absolute Gasteiger partial charge is 0.381 e. The maximum atomic E-state index is 12.8. The van der Waals surface area contributed by atoms with Crippen LogP contribution in [0.3, 0.4) is 0 Å². The molecule has 0 bridgehead atoms. The zero-order chi connectivity index (χ0) is 18.5. The first-order valence-electron chi connectivity index (χ1n) is 9.27. The first-order valence-corrected chi connectivity index (χ1v) is 9.27. The quantitative estimate of drug-likeness (QED) is 0.768. The lowest BCUT2D eigenvalue weighted by molar-refractivity contribution is -0.143. The van der Waals surface area contributed by atoms with Gasteiger partial charge in [-0.3, -0.25) is 14.3 Å². The van der Waals surface area contributed by atoms with Crippen molar-refractivity contribution >= 4 is 11.8 Å². The molecular weight excluding hydrogens is 336 g/mol. The van der Waals surface area contributed by atoms with Gasteiger partial charge in [-0.15, -0.1) is 0 Å². The fourth-order valence-electron chi connectivity index (χ4n) is 3.92. The highest BCUT2D eigenvalue weighted by Gasteiger charge is 2.35. The Morgan fingerprint density at radius 3 is 2.73 bits per heavy atom. The van der Waals surface area contributed by atoms with Crippen molar-refractivity contribution in [2.24, 2.45) is 7.05 Å². The molecule has 26 heavy (non-hydrogen) atoms. The highest BCUT2D eigenvalue weighted by Crippen LogP contribution is 2.24. The molecule has 0 saturated carbocycles. The van der Waals surface area contributed by atoms with Crippen LogP contribution in [0.4, 0.5) is 0 Å². The van der Waals surface area contributed by atoms with Gasteiger partial charge in [-0.1, -0.05) is 0 Å². The number of likely N-dealkylation sites (tertiary alicyclic amines) is 1. The van der Waals surface area contributed by atoms with E-state index in [1.807, 2.05) is 9.80 Å². The maximum absolute atomic E-state index is 12.8. The fraction of sp³-hybridized carbons (Fsp3) is 0.722. The Labute approximate surface area is 154 Å². The van der Waals surface area contributed by atoms with E-state index in [1.54, 1.807) is 24.0 Å². The van der Waals surface area contributed by atoms with E-state index >= 15 is 0 Å². The molecule has 1 unspecified atom stereocenters. The predicted octanol–water partition coefficient (Wildman–Crippen LogP) is 0.679. The van der Waals surface area contributed by atoms with Crippen molar-refractivity contribution in [1.82, 2.24) is 19.6 Å². The van der Waals surface area contributed by atoms with Crippen molar-refractivity contribution in [2.75, 3.05) is 40.0 Å². The summed E-state index contributed by atoms with van der Waals surface area (Å²) in [6.07, 6.45) is 5.22. The minimum Gasteiger partial charge on any atom is -0.381 e. The van der Waals surface area contributed by atoms with Crippen LogP contribution in [0.15, 0.2) is 12.3 Å². The number of hydrogen-bond acceptors (Lipinski definition) is 5. The van der Waals surface area contributed by atoms with Crippen LogP contribution in [0.1, 0.15) is 36.2 Å². The van der Waals surface area contributed by atoms with Crippen LogP contribution >= 0.6 is 0 Å². The van der Waals surface area contributed by atoms with Gasteiger partial charge < -0.3 is 19.3 Å². The maximum Gasteiger partial charge on any atom is 0.274 e. The van der Waals surface area contributed by atoms with Crippen LogP contribution in [-0.4, -0.2) is 83.5 Å². The van der Waals surface area contributed by atoms with Crippen LogP contribution < -0.4 is 0 Å². The molecule has 2 fully saturated rings. The molecule has 2 amide bonds. The lowest BCUT2D eigenvalue weighted by Gasteiger charge is -2.44. The van der Waals surface area contributed by atoms with Gasteiger partial charge in [0.05, 0.1) is 0 Å². The van der Waals surface area contributed by atoms with Gasteiger partial charge in [0, 0.05) is 58.7 Å². The lowest BCUT2D eigenvalue weighted by Crippen LogP contribution is -2.56. The van der Waals surface area contributed by atoms with Crippen LogP contribution in [0.25, 0.3) is 0 Å². The Bertz CT molecular complexity index is 626. The molecule has 2 aliphatic rings. The van der Waals surface area contributed by atoms with Gasteiger partial charge in [0.2, 0.25) is 5.91 Å². The second-order valence-corrected chi connectivity index (χ2v) is 7.00. The van der Waals surface area contributed by atoms with E-state index in [9.17, 15) is 9.59 Å². The van der Waals surface area contributed by atoms with Crippen LogP contribution in [0.5, 0.6) is 0 Å². The van der Waals surface area contributed by atoms with E-state index in [4.69, 9.17) is 9.47 Å². The normalized spacial score (nSPS) is 21.6. The first kappa shape index (κ1) is 18.8. The molecule has 0 aliphatic carbocycles. The Kier molecular flexibility index (Phi) is 6.26. The van der Waals surface area contributed by atoms with E-state index < -0.39 is 0 Å². The van der Waals surface area contributed by atoms with E-state index in [1.165, 1.54) is 7.11 Å². The first-order chi connectivity index (χ1) is 12.6. The van der Waals surface area contributed by atoms with Gasteiger partial charge >= 0.3 is 0 Å². The van der Waals surface area contributed by atoms with Crippen molar-refractivity contribution in [1.29, 1.82) is 0 Å². The molecule has 0 aromatic carbocycles. The van der Waals surface area contributed by atoms with Gasteiger partial charge in [-0.2, -0.15) is 5.10 Å². The summed E-state index contributed by atoms with van der Waals surface area (Å²) < 4.78 is 12.2. The number of aromatic nitrogens is 2. The molecule has 144 valence electrons. The summed E-state index contributed by atoms with van der Waals surface area (Å²) in [6, 6.07) is 1.90. The standard InChI is InChI=1S/C18H28N4O4/c1-20-9-5-16(19-20)18(24)21-8-3-4-15(12-21)22(17(23)13-25-2)14-6-10-26-11-7-14/h5,9,14-15H,3-4,6-8,10-13H2,1-2H3. The number of amides is 2. The van der Waals surface area contributed by atoms with Crippen LogP contribution in [0, 0.1) is 0 Å². The predicted molar refractivity (Wildman–Crippen MR) is 94.7 cm³/mol. The van der Waals surface area contributed by atoms with Crippen LogP contribution in [-0.2, 0) is 21.3 Å². The minimum absolute atomic E-state index is 0.00321. The third kappa shape index (κ3) is 4.24. The molecule has 1 aromatic rings. The summed E-state index contributed by atoms with van der Waals surface area (Å²) >= 11 is 0. The van der Waals surface area contributed by atoms with Gasteiger partial charge in [-0.25, -0.2) is 0 Å². The molecule has 2 saturated heterocycles. The SMILES string of the molecule is COCC(=O)N(C1CCOCC1)C1CCCN(C(=O)c2ccn(C)n2)C1. The highest BCUT2D eigenvalue weighted by molar-refractivity contribution is 5.92. The second-order valence-electron chi connectivity index (χ2n) is 7.00. The number of piperidine rings is 1. The molecule has 2 aliphatic heterocycles. The van der Waals surface area contributed by atoms with E-state index in [0.717, 1.165) is 25.7 Å². The number of methoxy groups -OCH3 is 1. The monoisotopic (exact) mass is 364 g/mol. The summed E-state index contributed by atoms with van der Waals surface area (Å²) in [4.78, 5) is 29.3. The molecule has 8 nitrogen and oxygen atoms in total. The van der Waals surface area contributed by atoms with Crippen molar-refractivity contribution in [3.63, 3.8) is 0 Å². The van der Waals surface area contributed by atoms with Gasteiger partial charge in [-0.05, 0) is 31.7 Å². The highest BCUT2D eigenvalue weighted by atomic mass is 16.5. The van der Waals surface area contributed by atoms with Crippen molar-refractivity contribution < 1.29 is 19.1 Å². The number of carbonyl (C=O) groups excluding carboxylic acids is 2. The van der Waals surface area contributed by atoms with Crippen molar-refractivity contribution in [2.45, 2.75) is 37.8 Å². The van der Waals surface area contributed by atoms with E-state index in [-0.39, 0.29) is 30.5 Å². The number of nitrogens with zero attached hydrogens (tertiary/aromatic N) is 4. The lowest BCUT2D eigenvalue weighted by atomic mass is 9.98. The summed E-state index contributed by atoms with van der Waals surface area (Å²) in [7, 11) is 3.34. The topological polar surface area (TPSA) is 76.9 Å². The van der Waals surface area contributed by atoms with Gasteiger partial charge in [0.15, 0.2) is 0 Å². The minimum atomic E-state index is -0.0681. The Balaban J connectivity index is 1.73. The number of carbonyl (C=O) groups is 2. The average molecular weight is 364 g/mol. The second kappa shape index (κ2) is 8.64. The molecule has 0 spiro atoms. The zero-order valence-corrected chi connectivity index (χ0v) is 15.6. The van der Waals surface area contributed by atoms with Crippen LogP contribution in [0.2, 0.25) is 0 Å².